The molecule has 0 fully saturated rings. The highest BCUT2D eigenvalue weighted by atomic mass is 32.2. The first-order valence-electron chi connectivity index (χ1n) is 10.7. The Labute approximate surface area is 188 Å². The summed E-state index contributed by atoms with van der Waals surface area (Å²) in [5.41, 5.74) is 1.36. The third-order valence-corrected chi connectivity index (χ3v) is 7.20. The summed E-state index contributed by atoms with van der Waals surface area (Å²) in [6, 6.07) is 11.2. The number of hydrogen-bond donors (Lipinski definition) is 2. The smallest absolute Gasteiger partial charge is 0.263 e. The first-order chi connectivity index (χ1) is 15.3. The van der Waals surface area contributed by atoms with Gasteiger partial charge in [0.2, 0.25) is 5.91 Å². The van der Waals surface area contributed by atoms with Gasteiger partial charge in [0.25, 0.3) is 10.0 Å². The van der Waals surface area contributed by atoms with Gasteiger partial charge in [0.15, 0.2) is 11.5 Å². The average Bonchev–Trinajstić information content (AvgIpc) is 3.06. The van der Waals surface area contributed by atoms with E-state index >= 15 is 0 Å². The molecule has 2 aliphatic rings. The van der Waals surface area contributed by atoms with Gasteiger partial charge in [-0.25, -0.2) is 8.42 Å². The molecule has 0 spiro atoms. The Balaban J connectivity index is 1.58. The van der Waals surface area contributed by atoms with E-state index in [1.807, 2.05) is 39.0 Å². The Morgan fingerprint density at radius 3 is 2.59 bits per heavy atom. The topological polar surface area (TPSA) is 106 Å². The van der Waals surface area contributed by atoms with Crippen LogP contribution in [-0.4, -0.2) is 39.4 Å². The van der Waals surface area contributed by atoms with Gasteiger partial charge in [-0.3, -0.25) is 14.5 Å². The molecule has 2 aromatic carbocycles. The Morgan fingerprint density at radius 2 is 1.84 bits per heavy atom. The van der Waals surface area contributed by atoms with E-state index in [0.717, 1.165) is 5.56 Å². The maximum atomic E-state index is 13.2. The van der Waals surface area contributed by atoms with E-state index in [4.69, 9.17) is 9.47 Å². The first kappa shape index (κ1) is 22.1. The Kier molecular flexibility index (Phi) is 6.10. The zero-order valence-corrected chi connectivity index (χ0v) is 19.1. The van der Waals surface area contributed by atoms with Crippen LogP contribution in [0.2, 0.25) is 0 Å². The zero-order chi connectivity index (χ0) is 22.9. The number of amides is 1. The molecule has 2 aromatic rings. The van der Waals surface area contributed by atoms with Crippen LogP contribution in [0.4, 0.5) is 0 Å². The lowest BCUT2D eigenvalue weighted by atomic mass is 9.97. The van der Waals surface area contributed by atoms with Crippen molar-refractivity contribution in [3.8, 4) is 11.5 Å². The van der Waals surface area contributed by atoms with Gasteiger partial charge in [0.1, 0.15) is 25.1 Å². The van der Waals surface area contributed by atoms with Crippen LogP contribution < -0.4 is 19.5 Å². The number of ether oxygens (including phenoxy) is 2. The standard InChI is InChI=1S/C23H27N3O5S/c1-4-14(2)21(25-22-17-7-5-6-8-20(17)32(28,29)26-22)23(27)24-15(3)16-9-10-18-19(13-16)31-12-11-30-18/h5-10,13-15,21H,4,11-12H2,1-3H3,(H,24,27)(H,25,26)/t14-,15?,21-/m0/s1. The SMILES string of the molecule is CC[C@H](C)[C@H](N=C1NS(=O)(=O)c2ccccc21)C(=O)NC(C)c1ccc2c(c1)OCCO2. The van der Waals surface area contributed by atoms with Crippen LogP contribution in [0.15, 0.2) is 52.4 Å². The predicted octanol–water partition coefficient (Wildman–Crippen LogP) is 2.79. The molecule has 4 rings (SSSR count). The molecular weight excluding hydrogens is 430 g/mol. The van der Waals surface area contributed by atoms with Gasteiger partial charge in [-0.15, -0.1) is 0 Å². The van der Waals surface area contributed by atoms with E-state index in [1.54, 1.807) is 18.2 Å². The van der Waals surface area contributed by atoms with Gasteiger partial charge in [-0.2, -0.15) is 0 Å². The van der Waals surface area contributed by atoms with Crippen LogP contribution in [0.5, 0.6) is 11.5 Å². The third kappa shape index (κ3) is 4.29. The van der Waals surface area contributed by atoms with Gasteiger partial charge in [0.05, 0.1) is 10.9 Å². The average molecular weight is 458 g/mol. The van der Waals surface area contributed by atoms with E-state index in [2.05, 4.69) is 15.0 Å². The number of rotatable bonds is 6. The second kappa shape index (κ2) is 8.82. The number of hydrogen-bond acceptors (Lipinski definition) is 6. The van der Waals surface area contributed by atoms with Crippen molar-refractivity contribution in [2.75, 3.05) is 13.2 Å². The van der Waals surface area contributed by atoms with E-state index in [1.165, 1.54) is 6.07 Å². The second-order valence-corrected chi connectivity index (χ2v) is 9.69. The largest absolute Gasteiger partial charge is 0.486 e. The molecule has 1 amide bonds. The molecule has 0 saturated carbocycles. The van der Waals surface area contributed by atoms with Gasteiger partial charge in [0, 0.05) is 5.56 Å². The molecule has 1 unspecified atom stereocenters. The maximum absolute atomic E-state index is 13.2. The van der Waals surface area contributed by atoms with E-state index in [-0.39, 0.29) is 28.6 Å². The van der Waals surface area contributed by atoms with Crippen LogP contribution in [0.3, 0.4) is 0 Å². The Bertz CT molecular complexity index is 1160. The van der Waals surface area contributed by atoms with E-state index < -0.39 is 16.1 Å². The summed E-state index contributed by atoms with van der Waals surface area (Å²) in [6.07, 6.45) is 0.710. The minimum absolute atomic E-state index is 0.0905. The van der Waals surface area contributed by atoms with Crippen LogP contribution in [0.1, 0.15) is 44.4 Å². The van der Waals surface area contributed by atoms with Gasteiger partial charge < -0.3 is 14.8 Å². The maximum Gasteiger partial charge on any atom is 0.263 e. The molecule has 0 saturated heterocycles. The van der Waals surface area contributed by atoms with Gasteiger partial charge >= 0.3 is 0 Å². The predicted molar refractivity (Wildman–Crippen MR) is 121 cm³/mol. The van der Waals surface area contributed by atoms with Crippen molar-refractivity contribution in [3.05, 3.63) is 53.6 Å². The lowest BCUT2D eigenvalue weighted by Crippen LogP contribution is -2.40. The number of aliphatic imine (C=N–C) groups is 1. The highest BCUT2D eigenvalue weighted by Crippen LogP contribution is 2.32. The fourth-order valence-corrected chi connectivity index (χ4v) is 4.99. The fourth-order valence-electron chi connectivity index (χ4n) is 3.75. The monoisotopic (exact) mass is 457 g/mol. The van der Waals surface area contributed by atoms with Crippen LogP contribution in [0, 0.1) is 5.92 Å². The first-order valence-corrected chi connectivity index (χ1v) is 12.2. The van der Waals surface area contributed by atoms with Gasteiger partial charge in [-0.05, 0) is 42.7 Å². The Hall–Kier alpha value is -3.07. The highest BCUT2D eigenvalue weighted by molar-refractivity contribution is 7.90. The van der Waals surface area contributed by atoms with Gasteiger partial charge in [-0.1, -0.05) is 38.5 Å². The molecule has 0 radical (unpaired) electrons. The van der Waals surface area contributed by atoms with Crippen molar-refractivity contribution in [3.63, 3.8) is 0 Å². The summed E-state index contributed by atoms with van der Waals surface area (Å²) in [7, 11) is -3.67. The number of nitrogens with zero attached hydrogens (tertiary/aromatic N) is 1. The molecule has 2 heterocycles. The summed E-state index contributed by atoms with van der Waals surface area (Å²) in [5.74, 6) is 1.19. The Morgan fingerprint density at radius 1 is 1.12 bits per heavy atom. The van der Waals surface area contributed by atoms with E-state index in [9.17, 15) is 13.2 Å². The third-order valence-electron chi connectivity index (χ3n) is 5.81. The number of amidine groups is 1. The minimum Gasteiger partial charge on any atom is -0.486 e. The zero-order valence-electron chi connectivity index (χ0n) is 18.3. The number of carbonyl (C=O) groups is 1. The molecule has 0 aromatic heterocycles. The lowest BCUT2D eigenvalue weighted by molar-refractivity contribution is -0.124. The molecular formula is C23H27N3O5S. The number of carbonyl (C=O) groups excluding carboxylic acids is 1. The van der Waals surface area contributed by atoms with Crippen LogP contribution >= 0.6 is 0 Å². The molecule has 32 heavy (non-hydrogen) atoms. The van der Waals surface area contributed by atoms with Crippen molar-refractivity contribution in [1.29, 1.82) is 0 Å². The summed E-state index contributed by atoms with van der Waals surface area (Å²) >= 11 is 0. The molecule has 9 heteroatoms. The number of fused-ring (bicyclic) bond motifs is 2. The summed E-state index contributed by atoms with van der Waals surface area (Å²) in [5, 5.41) is 3.02. The van der Waals surface area contributed by atoms with Crippen molar-refractivity contribution in [2.24, 2.45) is 10.9 Å². The number of benzene rings is 2. The van der Waals surface area contributed by atoms with E-state index in [0.29, 0.717) is 36.7 Å². The molecule has 0 aliphatic carbocycles. The summed E-state index contributed by atoms with van der Waals surface area (Å²) in [4.78, 5) is 18.0. The molecule has 0 bridgehead atoms. The van der Waals surface area contributed by atoms with Crippen molar-refractivity contribution in [2.45, 2.75) is 44.2 Å². The molecule has 3 atom stereocenters. The van der Waals surface area contributed by atoms with Crippen molar-refractivity contribution in [1.82, 2.24) is 10.0 Å². The summed E-state index contributed by atoms with van der Waals surface area (Å²) in [6.45, 7) is 6.79. The minimum atomic E-state index is -3.67. The molecule has 170 valence electrons. The van der Waals surface area contributed by atoms with Crippen LogP contribution in [0.25, 0.3) is 0 Å². The second-order valence-electron chi connectivity index (χ2n) is 8.04. The fraction of sp³-hybridized carbons (Fsp3) is 0.391. The normalized spacial score (nSPS) is 20.0. The van der Waals surface area contributed by atoms with Crippen molar-refractivity contribution < 1.29 is 22.7 Å². The van der Waals surface area contributed by atoms with Crippen LogP contribution in [-0.2, 0) is 14.8 Å². The van der Waals surface area contributed by atoms with Crippen molar-refractivity contribution >= 4 is 21.8 Å². The molecule has 8 nitrogen and oxygen atoms in total. The highest BCUT2D eigenvalue weighted by Gasteiger charge is 2.33. The lowest BCUT2D eigenvalue weighted by Gasteiger charge is -2.24. The quantitative estimate of drug-likeness (QED) is 0.694. The molecule has 2 aliphatic heterocycles. The summed E-state index contributed by atoms with van der Waals surface area (Å²) < 4.78 is 38.5. The number of nitrogens with one attached hydrogen (secondary N) is 2. The molecule has 2 N–H and O–H groups in total. The number of sulfonamides is 1.